The van der Waals surface area contributed by atoms with Crippen LogP contribution in [0.25, 0.3) is 11.1 Å². The molecule has 1 saturated heterocycles. The van der Waals surface area contributed by atoms with E-state index in [0.717, 1.165) is 41.5 Å². The van der Waals surface area contributed by atoms with Gasteiger partial charge >= 0.3 is 6.09 Å². The van der Waals surface area contributed by atoms with Crippen LogP contribution in [0.1, 0.15) is 63.5 Å². The summed E-state index contributed by atoms with van der Waals surface area (Å²) in [5.41, 5.74) is 3.70. The lowest BCUT2D eigenvalue weighted by Crippen LogP contribution is -2.51. The highest BCUT2D eigenvalue weighted by molar-refractivity contribution is 5.82. The summed E-state index contributed by atoms with van der Waals surface area (Å²) in [5, 5.41) is 0. The van der Waals surface area contributed by atoms with Crippen LogP contribution in [0.4, 0.5) is 4.79 Å². The molecule has 3 aromatic carbocycles. The van der Waals surface area contributed by atoms with Crippen LogP contribution in [-0.2, 0) is 20.8 Å². The topological polar surface area (TPSA) is 77.5 Å². The van der Waals surface area contributed by atoms with Crippen molar-refractivity contribution in [3.05, 3.63) is 83.9 Å². The Morgan fingerprint density at radius 1 is 0.870 bits per heavy atom. The van der Waals surface area contributed by atoms with Crippen molar-refractivity contribution in [1.29, 1.82) is 0 Å². The fourth-order valence-electron chi connectivity index (χ4n) is 6.17. The van der Waals surface area contributed by atoms with Gasteiger partial charge in [-0.1, -0.05) is 54.6 Å². The first-order chi connectivity index (χ1) is 22.1. The third-order valence-corrected chi connectivity index (χ3v) is 8.56. The molecule has 0 N–H and O–H groups in total. The van der Waals surface area contributed by atoms with Crippen LogP contribution in [0.5, 0.6) is 11.5 Å². The zero-order valence-corrected chi connectivity index (χ0v) is 27.9. The molecule has 3 aromatic rings. The highest BCUT2D eigenvalue weighted by Crippen LogP contribution is 2.39. The van der Waals surface area contributed by atoms with Gasteiger partial charge in [0.05, 0.1) is 19.6 Å². The first-order valence-electron chi connectivity index (χ1n) is 16.4. The Bertz CT molecular complexity index is 1470. The van der Waals surface area contributed by atoms with Crippen LogP contribution in [0.3, 0.4) is 0 Å². The van der Waals surface area contributed by atoms with E-state index in [1.807, 2.05) is 62.1 Å². The van der Waals surface area contributed by atoms with Crippen molar-refractivity contribution in [2.24, 2.45) is 5.92 Å². The van der Waals surface area contributed by atoms with E-state index in [2.05, 4.69) is 36.4 Å². The molecule has 0 bridgehead atoms. The lowest BCUT2D eigenvalue weighted by atomic mass is 9.79. The molecule has 5 rings (SSSR count). The van der Waals surface area contributed by atoms with Crippen molar-refractivity contribution in [2.45, 2.75) is 70.6 Å². The van der Waals surface area contributed by atoms with Gasteiger partial charge in [-0.05, 0) is 80.3 Å². The third kappa shape index (κ3) is 8.81. The minimum Gasteiger partial charge on any atom is -0.497 e. The maximum atomic E-state index is 14.7. The van der Waals surface area contributed by atoms with Gasteiger partial charge in [-0.3, -0.25) is 4.79 Å². The van der Waals surface area contributed by atoms with E-state index < -0.39 is 11.5 Å². The molecule has 1 heterocycles. The number of rotatable bonds is 12. The fraction of sp³-hybridized carbons (Fsp3) is 0.474. The van der Waals surface area contributed by atoms with Gasteiger partial charge in [0.15, 0.2) is 0 Å². The van der Waals surface area contributed by atoms with E-state index in [4.69, 9.17) is 18.9 Å². The Hall–Kier alpha value is -4.04. The molecule has 2 amide bonds. The quantitative estimate of drug-likeness (QED) is 0.196. The molecule has 2 atom stereocenters. The molecule has 1 aliphatic carbocycles. The summed E-state index contributed by atoms with van der Waals surface area (Å²) < 4.78 is 22.5. The zero-order chi connectivity index (χ0) is 32.7. The van der Waals surface area contributed by atoms with Crippen LogP contribution >= 0.6 is 0 Å². The van der Waals surface area contributed by atoms with Gasteiger partial charge in [0.25, 0.3) is 0 Å². The van der Waals surface area contributed by atoms with Crippen molar-refractivity contribution in [3.63, 3.8) is 0 Å². The van der Waals surface area contributed by atoms with Crippen molar-refractivity contribution in [3.8, 4) is 22.6 Å². The highest BCUT2D eigenvalue weighted by Gasteiger charge is 2.43. The molecular weight excluding hydrogens is 580 g/mol. The zero-order valence-electron chi connectivity index (χ0n) is 27.9. The number of carbonyl (C=O) groups excluding carboxylic acids is 2. The molecule has 0 spiro atoms. The SMILES string of the molecule is COCCCOc1cc(CN(C(=O)[C@H]2CN(C(=O)OC(C)(C)C)CC[C@@H]2c2cccc(-c3ccccc3)c2)C2CC2)cc(OC)c1. The second kappa shape index (κ2) is 15.0. The predicted octanol–water partition coefficient (Wildman–Crippen LogP) is 7.31. The van der Waals surface area contributed by atoms with Crippen molar-refractivity contribution < 1.29 is 28.5 Å². The standard InChI is InChI=1S/C38H48N2O6/c1-38(2,3)46-37(42)39-18-17-34(30-14-9-13-29(23-30)28-11-7-6-8-12-28)35(26-39)36(41)40(31-15-16-31)25-27-21-32(44-5)24-33(22-27)45-20-10-19-43-4/h6-9,11-14,21-24,31,34-35H,10,15-20,25-26H2,1-5H3/t34-,35+/m1/s1. The molecule has 1 aliphatic heterocycles. The smallest absolute Gasteiger partial charge is 0.410 e. The summed E-state index contributed by atoms with van der Waals surface area (Å²) in [5.74, 6) is 1.01. The van der Waals surface area contributed by atoms with Crippen LogP contribution in [0.15, 0.2) is 72.8 Å². The second-order valence-electron chi connectivity index (χ2n) is 13.3. The van der Waals surface area contributed by atoms with Gasteiger partial charge in [0, 0.05) is 51.9 Å². The lowest BCUT2D eigenvalue weighted by molar-refractivity contribution is -0.139. The molecule has 8 nitrogen and oxygen atoms in total. The number of amides is 2. The number of carbonyl (C=O) groups is 2. The maximum absolute atomic E-state index is 14.7. The number of hydrogen-bond acceptors (Lipinski definition) is 6. The molecular formula is C38H48N2O6. The Kier molecular flexibility index (Phi) is 10.9. The number of nitrogens with zero attached hydrogens (tertiary/aromatic N) is 2. The molecule has 46 heavy (non-hydrogen) atoms. The summed E-state index contributed by atoms with van der Waals surface area (Å²) in [7, 11) is 3.32. The Morgan fingerprint density at radius 2 is 1.61 bits per heavy atom. The molecule has 2 aliphatic rings. The van der Waals surface area contributed by atoms with E-state index in [1.165, 1.54) is 0 Å². The molecule has 0 radical (unpaired) electrons. The van der Waals surface area contributed by atoms with Crippen LogP contribution in [0, 0.1) is 5.92 Å². The first-order valence-corrected chi connectivity index (χ1v) is 16.4. The van der Waals surface area contributed by atoms with Crippen LogP contribution in [-0.4, -0.2) is 74.0 Å². The molecule has 1 saturated carbocycles. The Morgan fingerprint density at radius 3 is 2.30 bits per heavy atom. The number of benzene rings is 3. The molecule has 0 aromatic heterocycles. The van der Waals surface area contributed by atoms with Gasteiger partial charge in [-0.15, -0.1) is 0 Å². The van der Waals surface area contributed by atoms with Crippen LogP contribution < -0.4 is 9.47 Å². The van der Waals surface area contributed by atoms with Crippen LogP contribution in [0.2, 0.25) is 0 Å². The second-order valence-corrected chi connectivity index (χ2v) is 13.3. The molecule has 0 unspecified atom stereocenters. The lowest BCUT2D eigenvalue weighted by Gasteiger charge is -2.40. The monoisotopic (exact) mass is 628 g/mol. The fourth-order valence-corrected chi connectivity index (χ4v) is 6.17. The van der Waals surface area contributed by atoms with E-state index in [9.17, 15) is 9.59 Å². The van der Waals surface area contributed by atoms with Crippen molar-refractivity contribution in [2.75, 3.05) is 40.5 Å². The average molecular weight is 629 g/mol. The number of ether oxygens (including phenoxy) is 4. The van der Waals surface area contributed by atoms with E-state index in [-0.39, 0.29) is 24.0 Å². The number of hydrogen-bond donors (Lipinski definition) is 0. The number of methoxy groups -OCH3 is 2. The van der Waals surface area contributed by atoms with Gasteiger partial charge in [0.1, 0.15) is 17.1 Å². The minimum atomic E-state index is -0.618. The highest BCUT2D eigenvalue weighted by atomic mass is 16.6. The number of piperidine rings is 1. The normalized spacial score (nSPS) is 18.2. The summed E-state index contributed by atoms with van der Waals surface area (Å²) in [6, 6.07) is 24.8. The number of likely N-dealkylation sites (tertiary alicyclic amines) is 1. The summed E-state index contributed by atoms with van der Waals surface area (Å²) >= 11 is 0. The summed E-state index contributed by atoms with van der Waals surface area (Å²) in [4.78, 5) is 31.7. The molecule has 2 fully saturated rings. The maximum Gasteiger partial charge on any atom is 0.410 e. The third-order valence-electron chi connectivity index (χ3n) is 8.56. The predicted molar refractivity (Wildman–Crippen MR) is 179 cm³/mol. The largest absolute Gasteiger partial charge is 0.497 e. The summed E-state index contributed by atoms with van der Waals surface area (Å²) in [6.45, 7) is 8.03. The van der Waals surface area contributed by atoms with Crippen molar-refractivity contribution >= 4 is 12.0 Å². The van der Waals surface area contributed by atoms with Crippen molar-refractivity contribution in [1.82, 2.24) is 9.80 Å². The van der Waals surface area contributed by atoms with E-state index in [1.54, 1.807) is 19.1 Å². The van der Waals surface area contributed by atoms with Gasteiger partial charge in [0.2, 0.25) is 5.91 Å². The van der Waals surface area contributed by atoms with Gasteiger partial charge in [-0.25, -0.2) is 4.79 Å². The van der Waals surface area contributed by atoms with Gasteiger partial charge in [-0.2, -0.15) is 0 Å². The summed E-state index contributed by atoms with van der Waals surface area (Å²) in [6.07, 6.45) is 3.01. The van der Waals surface area contributed by atoms with E-state index in [0.29, 0.717) is 50.8 Å². The average Bonchev–Trinajstić information content (AvgIpc) is 3.90. The first kappa shape index (κ1) is 33.3. The Labute approximate surface area is 273 Å². The van der Waals surface area contributed by atoms with E-state index >= 15 is 0 Å². The molecule has 8 heteroatoms. The Balaban J connectivity index is 1.43. The van der Waals surface area contributed by atoms with Gasteiger partial charge < -0.3 is 28.7 Å². The molecule has 246 valence electrons. The minimum absolute atomic E-state index is 0.0407.